The van der Waals surface area contributed by atoms with E-state index in [2.05, 4.69) is 15.5 Å². The number of amides is 1. The minimum atomic E-state index is -0.188. The van der Waals surface area contributed by atoms with Crippen LogP contribution in [0, 0.1) is 4.77 Å². The van der Waals surface area contributed by atoms with E-state index in [4.69, 9.17) is 33.3 Å². The molecule has 9 heteroatoms. The molecule has 0 bridgehead atoms. The average Bonchev–Trinajstić information content (AvgIpc) is 3.07. The van der Waals surface area contributed by atoms with Gasteiger partial charge in [-0.25, -0.2) is 0 Å². The molecule has 3 rings (SSSR count). The van der Waals surface area contributed by atoms with Crippen LogP contribution in [-0.4, -0.2) is 40.9 Å². The van der Waals surface area contributed by atoms with Crippen molar-refractivity contribution < 1.29 is 14.3 Å². The van der Waals surface area contributed by atoms with Crippen molar-refractivity contribution >= 4 is 29.7 Å². The molecular formula is C19H19ClN4O3S. The summed E-state index contributed by atoms with van der Waals surface area (Å²) in [5.41, 5.74) is 0.826. The standard InChI is InChI=1S/C19H19ClN4O3S/c1-26-15-6-2-13(3-7-15)18-22-23-19(28)24(18)12-17(25)21-10-11-27-16-8-4-14(20)5-9-16/h2-9H,10-12H2,1H3,(H,21,25)(H,23,28). The number of aromatic amines is 1. The fourth-order valence-electron chi connectivity index (χ4n) is 2.51. The molecule has 2 aromatic carbocycles. The van der Waals surface area contributed by atoms with E-state index < -0.39 is 0 Å². The zero-order valence-electron chi connectivity index (χ0n) is 15.1. The van der Waals surface area contributed by atoms with Crippen molar-refractivity contribution in [1.29, 1.82) is 0 Å². The summed E-state index contributed by atoms with van der Waals surface area (Å²) in [5.74, 6) is 1.83. The number of carbonyl (C=O) groups excluding carboxylic acids is 1. The van der Waals surface area contributed by atoms with Crippen LogP contribution in [-0.2, 0) is 11.3 Å². The Kier molecular flexibility index (Phi) is 6.67. The van der Waals surface area contributed by atoms with Gasteiger partial charge in [-0.3, -0.25) is 14.5 Å². The molecule has 3 aromatic rings. The van der Waals surface area contributed by atoms with Crippen LogP contribution in [0.2, 0.25) is 5.02 Å². The number of rotatable bonds is 8. The predicted molar refractivity (Wildman–Crippen MR) is 109 cm³/mol. The smallest absolute Gasteiger partial charge is 0.240 e. The number of methoxy groups -OCH3 is 1. The Morgan fingerprint density at radius 3 is 2.54 bits per heavy atom. The molecule has 0 spiro atoms. The topological polar surface area (TPSA) is 81.2 Å². The zero-order chi connectivity index (χ0) is 19.9. The van der Waals surface area contributed by atoms with E-state index >= 15 is 0 Å². The third kappa shape index (κ3) is 5.11. The summed E-state index contributed by atoms with van der Waals surface area (Å²) in [6.45, 7) is 0.762. The Morgan fingerprint density at radius 1 is 1.18 bits per heavy atom. The molecule has 1 heterocycles. The first-order valence-electron chi connectivity index (χ1n) is 8.51. The van der Waals surface area contributed by atoms with Crippen LogP contribution in [0.4, 0.5) is 0 Å². The van der Waals surface area contributed by atoms with E-state index in [1.54, 1.807) is 35.9 Å². The van der Waals surface area contributed by atoms with Gasteiger partial charge in [0.2, 0.25) is 5.91 Å². The van der Waals surface area contributed by atoms with Crippen LogP contribution in [0.25, 0.3) is 11.4 Å². The highest BCUT2D eigenvalue weighted by Crippen LogP contribution is 2.20. The van der Waals surface area contributed by atoms with E-state index in [1.165, 1.54) is 0 Å². The largest absolute Gasteiger partial charge is 0.497 e. The number of hydrogen-bond acceptors (Lipinski definition) is 5. The molecule has 1 aromatic heterocycles. The van der Waals surface area contributed by atoms with Crippen LogP contribution in [0.5, 0.6) is 11.5 Å². The molecule has 146 valence electrons. The highest BCUT2D eigenvalue weighted by molar-refractivity contribution is 7.71. The van der Waals surface area contributed by atoms with Gasteiger partial charge >= 0.3 is 0 Å². The summed E-state index contributed by atoms with van der Waals surface area (Å²) in [7, 11) is 1.60. The summed E-state index contributed by atoms with van der Waals surface area (Å²) in [6.07, 6.45) is 0. The van der Waals surface area contributed by atoms with Crippen molar-refractivity contribution in [1.82, 2.24) is 20.1 Å². The molecule has 0 aliphatic carbocycles. The number of hydrogen-bond donors (Lipinski definition) is 2. The Bertz CT molecular complexity index is 984. The number of carbonyl (C=O) groups is 1. The van der Waals surface area contributed by atoms with Gasteiger partial charge < -0.3 is 14.8 Å². The van der Waals surface area contributed by atoms with Crippen LogP contribution >= 0.6 is 23.8 Å². The van der Waals surface area contributed by atoms with Gasteiger partial charge in [0.15, 0.2) is 10.6 Å². The van der Waals surface area contributed by atoms with E-state index in [-0.39, 0.29) is 12.5 Å². The molecule has 0 aliphatic rings. The van der Waals surface area contributed by atoms with Gasteiger partial charge in [-0.2, -0.15) is 5.10 Å². The molecule has 0 atom stereocenters. The van der Waals surface area contributed by atoms with Gasteiger partial charge in [-0.15, -0.1) is 0 Å². The van der Waals surface area contributed by atoms with Gasteiger partial charge in [-0.1, -0.05) is 11.6 Å². The molecule has 0 saturated heterocycles. The maximum Gasteiger partial charge on any atom is 0.240 e. The Morgan fingerprint density at radius 2 is 1.86 bits per heavy atom. The molecule has 0 unspecified atom stereocenters. The fourth-order valence-corrected chi connectivity index (χ4v) is 2.84. The minimum absolute atomic E-state index is 0.0532. The van der Waals surface area contributed by atoms with Gasteiger partial charge in [0.1, 0.15) is 24.7 Å². The lowest BCUT2D eigenvalue weighted by Gasteiger charge is -2.10. The van der Waals surface area contributed by atoms with Crippen LogP contribution in [0.3, 0.4) is 0 Å². The second-order valence-electron chi connectivity index (χ2n) is 5.82. The van der Waals surface area contributed by atoms with Gasteiger partial charge in [0, 0.05) is 10.6 Å². The zero-order valence-corrected chi connectivity index (χ0v) is 16.7. The second-order valence-corrected chi connectivity index (χ2v) is 6.64. The molecule has 28 heavy (non-hydrogen) atoms. The number of ether oxygens (including phenoxy) is 2. The molecule has 2 N–H and O–H groups in total. The van der Waals surface area contributed by atoms with Crippen molar-refractivity contribution in [2.75, 3.05) is 20.3 Å². The van der Waals surface area contributed by atoms with Crippen LogP contribution < -0.4 is 14.8 Å². The summed E-state index contributed by atoms with van der Waals surface area (Å²) in [6, 6.07) is 14.4. The molecule has 0 radical (unpaired) electrons. The van der Waals surface area contributed by atoms with Gasteiger partial charge in [0.25, 0.3) is 0 Å². The summed E-state index contributed by atoms with van der Waals surface area (Å²) >= 11 is 11.1. The lowest BCUT2D eigenvalue weighted by atomic mass is 10.2. The number of nitrogens with one attached hydrogen (secondary N) is 2. The highest BCUT2D eigenvalue weighted by atomic mass is 35.5. The van der Waals surface area contributed by atoms with Crippen molar-refractivity contribution in [3.05, 3.63) is 58.3 Å². The maximum atomic E-state index is 12.3. The highest BCUT2D eigenvalue weighted by Gasteiger charge is 2.12. The monoisotopic (exact) mass is 418 g/mol. The third-order valence-corrected chi connectivity index (χ3v) is 4.48. The van der Waals surface area contributed by atoms with Gasteiger partial charge in [-0.05, 0) is 60.7 Å². The van der Waals surface area contributed by atoms with Gasteiger partial charge in [0.05, 0.1) is 13.7 Å². The van der Waals surface area contributed by atoms with E-state index in [9.17, 15) is 4.79 Å². The Balaban J connectivity index is 1.55. The number of H-pyrrole nitrogens is 1. The summed E-state index contributed by atoms with van der Waals surface area (Å²) in [4.78, 5) is 12.3. The average molecular weight is 419 g/mol. The minimum Gasteiger partial charge on any atom is -0.497 e. The molecular weight excluding hydrogens is 400 g/mol. The maximum absolute atomic E-state index is 12.3. The SMILES string of the molecule is COc1ccc(-c2n[nH]c(=S)n2CC(=O)NCCOc2ccc(Cl)cc2)cc1. The normalized spacial score (nSPS) is 10.5. The van der Waals surface area contributed by atoms with Crippen molar-refractivity contribution in [3.8, 4) is 22.9 Å². The summed E-state index contributed by atoms with van der Waals surface area (Å²) < 4.78 is 12.7. The Hall–Kier alpha value is -2.84. The third-order valence-electron chi connectivity index (χ3n) is 3.91. The fraction of sp³-hybridized carbons (Fsp3) is 0.211. The Labute approximate surface area is 172 Å². The van der Waals surface area contributed by atoms with Crippen molar-refractivity contribution in [2.24, 2.45) is 0 Å². The molecule has 0 aliphatic heterocycles. The number of halogens is 1. The molecule has 0 fully saturated rings. The number of nitrogens with zero attached hydrogens (tertiary/aromatic N) is 2. The van der Waals surface area contributed by atoms with Crippen molar-refractivity contribution in [2.45, 2.75) is 6.54 Å². The van der Waals surface area contributed by atoms with Crippen LogP contribution in [0.1, 0.15) is 0 Å². The number of benzene rings is 2. The molecule has 1 amide bonds. The lowest BCUT2D eigenvalue weighted by molar-refractivity contribution is -0.121. The second kappa shape index (κ2) is 9.38. The van der Waals surface area contributed by atoms with Crippen LogP contribution in [0.15, 0.2) is 48.5 Å². The molecule has 7 nitrogen and oxygen atoms in total. The first-order valence-corrected chi connectivity index (χ1v) is 9.30. The quantitative estimate of drug-likeness (QED) is 0.432. The first kappa shape index (κ1) is 19.9. The predicted octanol–water partition coefficient (Wildman–Crippen LogP) is 3.46. The first-order chi connectivity index (χ1) is 13.6. The summed E-state index contributed by atoms with van der Waals surface area (Å²) in [5, 5.41) is 10.4. The van der Waals surface area contributed by atoms with E-state index in [0.717, 1.165) is 11.3 Å². The molecule has 0 saturated carbocycles. The number of aromatic nitrogens is 3. The van der Waals surface area contributed by atoms with E-state index in [0.29, 0.717) is 34.5 Å². The van der Waals surface area contributed by atoms with E-state index in [1.807, 2.05) is 24.3 Å². The lowest BCUT2D eigenvalue weighted by Crippen LogP contribution is -2.31. The van der Waals surface area contributed by atoms with Crippen molar-refractivity contribution in [3.63, 3.8) is 0 Å².